The lowest BCUT2D eigenvalue weighted by Crippen LogP contribution is -2.33. The molecule has 0 amide bonds. The smallest absolute Gasteiger partial charge is 0.303 e. The summed E-state index contributed by atoms with van der Waals surface area (Å²) in [6.07, 6.45) is 13.8. The highest BCUT2D eigenvalue weighted by atomic mass is 16.4. The molecule has 25 heavy (non-hydrogen) atoms. The first-order chi connectivity index (χ1) is 12.1. The molecule has 0 aliphatic carbocycles. The molecule has 0 bridgehead atoms. The maximum atomic E-state index is 10.4. The maximum absolute atomic E-state index is 10.4. The van der Waals surface area contributed by atoms with Gasteiger partial charge in [-0.3, -0.25) is 14.8 Å². The summed E-state index contributed by atoms with van der Waals surface area (Å²) < 4.78 is 0. The molecule has 0 aliphatic rings. The fourth-order valence-electron chi connectivity index (χ4n) is 2.45. The monoisotopic (exact) mass is 345 g/mol. The number of aliphatic imine (C=N–C) groups is 1. The summed E-state index contributed by atoms with van der Waals surface area (Å²) in [7, 11) is 0. The molecule has 0 spiro atoms. The van der Waals surface area contributed by atoms with Crippen LogP contribution in [0.4, 0.5) is 5.69 Å². The van der Waals surface area contributed by atoms with Crippen molar-refractivity contribution in [1.82, 2.24) is 4.98 Å². The molecule has 7 nitrogen and oxygen atoms in total. The Kier molecular flexibility index (Phi) is 10.4. The molecule has 136 valence electrons. The second kappa shape index (κ2) is 12.8. The third-order valence-corrected chi connectivity index (χ3v) is 3.82. The van der Waals surface area contributed by atoms with Crippen molar-refractivity contribution in [1.29, 1.82) is 5.26 Å². The van der Waals surface area contributed by atoms with Gasteiger partial charge >= 0.3 is 5.97 Å². The molecule has 0 fully saturated rings. The van der Waals surface area contributed by atoms with Crippen LogP contribution in [0.15, 0.2) is 29.5 Å². The topological polar surface area (TPSA) is 116 Å². The van der Waals surface area contributed by atoms with Crippen LogP contribution in [0, 0.1) is 11.5 Å². The molecule has 0 unspecified atom stereocenters. The Morgan fingerprint density at radius 3 is 2.24 bits per heavy atom. The van der Waals surface area contributed by atoms with Crippen LogP contribution >= 0.6 is 0 Å². The van der Waals surface area contributed by atoms with Crippen LogP contribution in [0.25, 0.3) is 0 Å². The average Bonchev–Trinajstić information content (AvgIpc) is 2.61. The summed E-state index contributed by atoms with van der Waals surface area (Å²) in [5.74, 6) is -0.508. The number of rotatable bonds is 12. The summed E-state index contributed by atoms with van der Waals surface area (Å²) in [5, 5.41) is 17.8. The number of carbonyl (C=O) groups is 1. The van der Waals surface area contributed by atoms with Gasteiger partial charge in [-0.25, -0.2) is 4.90 Å². The highest BCUT2D eigenvalue weighted by Gasteiger charge is 2.08. The number of hydrogen-bond donors (Lipinski definition) is 2. The molecule has 1 heterocycles. The molecule has 1 rings (SSSR count). The lowest BCUT2D eigenvalue weighted by Gasteiger charge is -2.13. The van der Waals surface area contributed by atoms with Gasteiger partial charge in [-0.1, -0.05) is 38.5 Å². The summed E-state index contributed by atoms with van der Waals surface area (Å²) >= 11 is 0. The van der Waals surface area contributed by atoms with Crippen molar-refractivity contribution >= 4 is 17.6 Å². The van der Waals surface area contributed by atoms with Crippen molar-refractivity contribution in [3.05, 3.63) is 24.5 Å². The van der Waals surface area contributed by atoms with Crippen molar-refractivity contribution < 1.29 is 9.90 Å². The minimum absolute atomic E-state index is 0.201. The van der Waals surface area contributed by atoms with Gasteiger partial charge in [0, 0.05) is 25.4 Å². The lowest BCUT2D eigenvalue weighted by atomic mass is 10.1. The number of guanidine groups is 1. The summed E-state index contributed by atoms with van der Waals surface area (Å²) in [6, 6.07) is 3.42. The Morgan fingerprint density at radius 2 is 1.68 bits per heavy atom. The van der Waals surface area contributed by atoms with Gasteiger partial charge in [0.15, 0.2) is 6.19 Å². The third kappa shape index (κ3) is 9.30. The van der Waals surface area contributed by atoms with Crippen LogP contribution in [0.2, 0.25) is 0 Å². The number of aromatic nitrogens is 1. The first-order valence-corrected chi connectivity index (χ1v) is 8.76. The Balaban J connectivity index is 2.11. The van der Waals surface area contributed by atoms with Gasteiger partial charge < -0.3 is 10.8 Å². The Morgan fingerprint density at radius 1 is 1.12 bits per heavy atom. The molecule has 1 aromatic heterocycles. The highest BCUT2D eigenvalue weighted by Crippen LogP contribution is 2.11. The summed E-state index contributed by atoms with van der Waals surface area (Å²) in [4.78, 5) is 19.9. The van der Waals surface area contributed by atoms with E-state index in [4.69, 9.17) is 10.8 Å². The lowest BCUT2D eigenvalue weighted by molar-refractivity contribution is -0.137. The van der Waals surface area contributed by atoms with Crippen molar-refractivity contribution in [2.45, 2.75) is 57.8 Å². The van der Waals surface area contributed by atoms with Crippen LogP contribution in [0.5, 0.6) is 0 Å². The zero-order chi connectivity index (χ0) is 18.3. The number of carboxylic acids is 1. The molecular weight excluding hydrogens is 318 g/mol. The van der Waals surface area contributed by atoms with Crippen LogP contribution in [-0.2, 0) is 4.79 Å². The number of nitrogens with two attached hydrogens (primary N) is 1. The molecule has 0 saturated heterocycles. The van der Waals surface area contributed by atoms with Crippen molar-refractivity contribution in [2.75, 3.05) is 11.4 Å². The van der Waals surface area contributed by atoms with E-state index in [1.54, 1.807) is 24.5 Å². The largest absolute Gasteiger partial charge is 0.481 e. The first-order valence-electron chi connectivity index (χ1n) is 8.76. The van der Waals surface area contributed by atoms with E-state index in [9.17, 15) is 10.1 Å². The van der Waals surface area contributed by atoms with Gasteiger partial charge in [0.2, 0.25) is 5.96 Å². The minimum atomic E-state index is -0.710. The average molecular weight is 345 g/mol. The number of nitriles is 1. The molecule has 7 heteroatoms. The number of unbranched alkanes of at least 4 members (excludes halogenated alkanes) is 7. The van der Waals surface area contributed by atoms with Crippen LogP contribution in [0.1, 0.15) is 57.8 Å². The van der Waals surface area contributed by atoms with Gasteiger partial charge in [-0.2, -0.15) is 5.26 Å². The Bertz CT molecular complexity index is 569. The van der Waals surface area contributed by atoms with Crippen molar-refractivity contribution in [2.24, 2.45) is 10.7 Å². The second-order valence-electron chi connectivity index (χ2n) is 5.85. The molecule has 0 aromatic carbocycles. The minimum Gasteiger partial charge on any atom is -0.481 e. The number of nitrogens with zero attached hydrogens (tertiary/aromatic N) is 4. The van der Waals surface area contributed by atoms with E-state index in [2.05, 4.69) is 9.98 Å². The van der Waals surface area contributed by atoms with E-state index in [0.717, 1.165) is 51.4 Å². The van der Waals surface area contributed by atoms with E-state index in [0.29, 0.717) is 12.2 Å². The normalized spacial score (nSPS) is 11.1. The molecule has 3 N–H and O–H groups in total. The van der Waals surface area contributed by atoms with Gasteiger partial charge in [0.05, 0.1) is 5.69 Å². The standard InChI is InChI=1S/C18H27N5O2/c19-15-23(16-10-13-21-14-11-16)18(20)22-12-8-6-4-2-1-3-5-7-9-17(24)25/h10-11,13-14H,1-9,12H2,(H2,20,22)(H,24,25). The number of aliphatic carboxylic acids is 1. The molecule has 0 saturated carbocycles. The molecule has 1 aromatic rings. The van der Waals surface area contributed by atoms with E-state index in [-0.39, 0.29) is 12.4 Å². The predicted octanol–water partition coefficient (Wildman–Crippen LogP) is 3.28. The Hall–Kier alpha value is -2.62. The van der Waals surface area contributed by atoms with Gasteiger partial charge in [-0.15, -0.1) is 0 Å². The van der Waals surface area contributed by atoms with E-state index >= 15 is 0 Å². The Labute approximate surface area is 149 Å². The first kappa shape index (κ1) is 20.4. The molecule has 0 radical (unpaired) electrons. The number of carboxylic acid groups (broad SMARTS) is 1. The van der Waals surface area contributed by atoms with Gasteiger partial charge in [-0.05, 0) is 25.0 Å². The summed E-state index contributed by atoms with van der Waals surface area (Å²) in [6.45, 7) is 0.605. The predicted molar refractivity (Wildman–Crippen MR) is 98.0 cm³/mol. The van der Waals surface area contributed by atoms with Gasteiger partial charge in [0.1, 0.15) is 0 Å². The second-order valence-corrected chi connectivity index (χ2v) is 5.85. The van der Waals surface area contributed by atoms with Gasteiger partial charge in [0.25, 0.3) is 0 Å². The third-order valence-electron chi connectivity index (χ3n) is 3.82. The molecular formula is C18H27N5O2. The fourth-order valence-corrected chi connectivity index (χ4v) is 2.45. The zero-order valence-electron chi connectivity index (χ0n) is 14.6. The number of hydrogen-bond acceptors (Lipinski definition) is 4. The van der Waals surface area contributed by atoms with Crippen LogP contribution in [-0.4, -0.2) is 28.6 Å². The fraction of sp³-hybridized carbons (Fsp3) is 0.556. The van der Waals surface area contributed by atoms with Crippen LogP contribution < -0.4 is 10.6 Å². The summed E-state index contributed by atoms with van der Waals surface area (Å²) in [5.41, 5.74) is 6.54. The zero-order valence-corrected chi connectivity index (χ0v) is 14.6. The van der Waals surface area contributed by atoms with E-state index in [1.165, 1.54) is 4.90 Å². The molecule has 0 atom stereocenters. The van der Waals surface area contributed by atoms with E-state index < -0.39 is 5.97 Å². The number of pyridine rings is 1. The van der Waals surface area contributed by atoms with Crippen LogP contribution in [0.3, 0.4) is 0 Å². The SMILES string of the molecule is N#CN(C(N)=NCCCCCCCCCCC(=O)O)c1ccncc1. The van der Waals surface area contributed by atoms with Crippen molar-refractivity contribution in [3.63, 3.8) is 0 Å². The van der Waals surface area contributed by atoms with Crippen molar-refractivity contribution in [3.8, 4) is 6.19 Å². The maximum Gasteiger partial charge on any atom is 0.303 e. The number of anilines is 1. The molecule has 0 aliphatic heterocycles. The quantitative estimate of drug-likeness (QED) is 0.197. The highest BCUT2D eigenvalue weighted by molar-refractivity contribution is 5.97. The van der Waals surface area contributed by atoms with E-state index in [1.807, 2.05) is 6.19 Å².